The van der Waals surface area contributed by atoms with Gasteiger partial charge in [-0.25, -0.2) is 4.39 Å². The molecule has 1 unspecified atom stereocenters. The highest BCUT2D eigenvalue weighted by Gasteiger charge is 2.26. The van der Waals surface area contributed by atoms with Crippen molar-refractivity contribution < 1.29 is 9.31 Å². The van der Waals surface area contributed by atoms with Gasteiger partial charge in [-0.15, -0.1) is 0 Å². The van der Waals surface area contributed by atoms with Crippen LogP contribution in [0.1, 0.15) is 12.0 Å². The molecule has 1 atom stereocenters. The van der Waals surface area contributed by atoms with E-state index in [9.17, 15) is 14.5 Å². The Balaban J connectivity index is 2.41. The lowest BCUT2D eigenvalue weighted by Crippen LogP contribution is -2.33. The molecular formula is C12H16FN3O2. The van der Waals surface area contributed by atoms with Gasteiger partial charge in [0.2, 0.25) is 0 Å². The van der Waals surface area contributed by atoms with Crippen molar-refractivity contribution in [3.05, 3.63) is 33.6 Å². The Labute approximate surface area is 105 Å². The van der Waals surface area contributed by atoms with Gasteiger partial charge in [0, 0.05) is 19.6 Å². The summed E-state index contributed by atoms with van der Waals surface area (Å²) in [5.41, 5.74) is 0.730. The molecule has 1 aliphatic heterocycles. The topological polar surface area (TPSA) is 58.4 Å². The van der Waals surface area contributed by atoms with E-state index in [2.05, 4.69) is 5.32 Å². The van der Waals surface area contributed by atoms with Crippen LogP contribution in [0.4, 0.5) is 15.8 Å². The largest absolute Gasteiger partial charge is 0.365 e. The molecule has 1 heterocycles. The van der Waals surface area contributed by atoms with Crippen molar-refractivity contribution in [2.24, 2.45) is 0 Å². The molecule has 0 aromatic heterocycles. The summed E-state index contributed by atoms with van der Waals surface area (Å²) >= 11 is 0. The molecule has 98 valence electrons. The number of hydrogen-bond acceptors (Lipinski definition) is 4. The van der Waals surface area contributed by atoms with Crippen molar-refractivity contribution in [1.29, 1.82) is 0 Å². The molecule has 1 saturated heterocycles. The summed E-state index contributed by atoms with van der Waals surface area (Å²) in [4.78, 5) is 12.3. The summed E-state index contributed by atoms with van der Waals surface area (Å²) in [5.74, 6) is -0.539. The van der Waals surface area contributed by atoms with Crippen LogP contribution in [-0.4, -0.2) is 31.1 Å². The number of nitrogens with one attached hydrogen (secondary N) is 1. The summed E-state index contributed by atoms with van der Waals surface area (Å²) in [7, 11) is 1.82. The van der Waals surface area contributed by atoms with Crippen LogP contribution in [0, 0.1) is 22.9 Å². The second kappa shape index (κ2) is 4.89. The van der Waals surface area contributed by atoms with Crippen LogP contribution in [0.15, 0.2) is 12.1 Å². The first-order valence-electron chi connectivity index (χ1n) is 5.89. The van der Waals surface area contributed by atoms with Crippen LogP contribution in [0.25, 0.3) is 0 Å². The van der Waals surface area contributed by atoms with Crippen LogP contribution in [0.2, 0.25) is 0 Å². The minimum atomic E-state index is -0.539. The highest BCUT2D eigenvalue weighted by molar-refractivity contribution is 5.65. The lowest BCUT2D eigenvalue weighted by atomic mass is 10.1. The molecule has 0 aliphatic carbocycles. The monoisotopic (exact) mass is 253 g/mol. The zero-order valence-electron chi connectivity index (χ0n) is 10.4. The molecule has 1 fully saturated rings. The number of halogens is 1. The molecule has 1 aliphatic rings. The fourth-order valence-corrected chi connectivity index (χ4v) is 2.25. The predicted octanol–water partition coefficient (Wildman–Crippen LogP) is 1.84. The highest BCUT2D eigenvalue weighted by atomic mass is 19.1. The molecule has 0 radical (unpaired) electrons. The maximum Gasteiger partial charge on any atom is 0.295 e. The second-order valence-electron chi connectivity index (χ2n) is 4.60. The van der Waals surface area contributed by atoms with Gasteiger partial charge >= 0.3 is 0 Å². The van der Waals surface area contributed by atoms with Crippen molar-refractivity contribution in [1.82, 2.24) is 5.32 Å². The minimum absolute atomic E-state index is 0.174. The van der Waals surface area contributed by atoms with E-state index in [1.807, 2.05) is 11.9 Å². The lowest BCUT2D eigenvalue weighted by Gasteiger charge is -2.26. The van der Waals surface area contributed by atoms with Gasteiger partial charge in [0.25, 0.3) is 5.69 Å². The zero-order chi connectivity index (χ0) is 13.3. The number of hydrogen-bond donors (Lipinski definition) is 1. The number of aryl methyl sites for hydroxylation is 1. The van der Waals surface area contributed by atoms with Crippen LogP contribution in [0.5, 0.6) is 0 Å². The molecule has 6 heteroatoms. The van der Waals surface area contributed by atoms with Gasteiger partial charge in [0.15, 0.2) is 0 Å². The van der Waals surface area contributed by atoms with Crippen molar-refractivity contribution in [3.63, 3.8) is 0 Å². The molecule has 0 bridgehead atoms. The molecule has 0 spiro atoms. The third kappa shape index (κ3) is 2.28. The molecule has 5 nitrogen and oxygen atoms in total. The van der Waals surface area contributed by atoms with Gasteiger partial charge in [0.1, 0.15) is 11.5 Å². The van der Waals surface area contributed by atoms with Gasteiger partial charge in [-0.2, -0.15) is 0 Å². The third-order valence-electron chi connectivity index (χ3n) is 3.41. The summed E-state index contributed by atoms with van der Waals surface area (Å²) in [6.45, 7) is 3.32. The first-order valence-corrected chi connectivity index (χ1v) is 5.89. The van der Waals surface area contributed by atoms with Crippen molar-refractivity contribution in [2.45, 2.75) is 19.4 Å². The van der Waals surface area contributed by atoms with Crippen molar-refractivity contribution in [2.75, 3.05) is 25.0 Å². The average molecular weight is 253 g/mol. The van der Waals surface area contributed by atoms with E-state index in [1.54, 1.807) is 13.0 Å². The van der Waals surface area contributed by atoms with Gasteiger partial charge in [-0.05, 0) is 31.5 Å². The number of benzene rings is 1. The van der Waals surface area contributed by atoms with Crippen LogP contribution >= 0.6 is 0 Å². The minimum Gasteiger partial charge on any atom is -0.365 e. The van der Waals surface area contributed by atoms with E-state index in [4.69, 9.17) is 0 Å². The Morgan fingerprint density at radius 3 is 2.83 bits per heavy atom. The normalized spacial score (nSPS) is 18.9. The molecule has 2 rings (SSSR count). The number of rotatable bonds is 3. The summed E-state index contributed by atoms with van der Waals surface area (Å²) < 4.78 is 13.4. The van der Waals surface area contributed by atoms with Crippen molar-refractivity contribution >= 4 is 11.4 Å². The number of likely N-dealkylation sites (N-methyl/N-ethyl adjacent to an activating group) is 1. The van der Waals surface area contributed by atoms with E-state index in [0.29, 0.717) is 11.3 Å². The molecular weight excluding hydrogens is 237 g/mol. The average Bonchev–Trinajstić information content (AvgIpc) is 2.84. The molecule has 18 heavy (non-hydrogen) atoms. The maximum atomic E-state index is 13.4. The van der Waals surface area contributed by atoms with E-state index in [-0.39, 0.29) is 11.7 Å². The maximum absolute atomic E-state index is 13.4. The highest BCUT2D eigenvalue weighted by Crippen LogP contribution is 2.32. The van der Waals surface area contributed by atoms with E-state index >= 15 is 0 Å². The number of nitro groups is 1. The van der Waals surface area contributed by atoms with Gasteiger partial charge < -0.3 is 10.2 Å². The third-order valence-corrected chi connectivity index (χ3v) is 3.41. The standard InChI is InChI=1S/C12H16FN3O2/c1-8-5-11(12(16(17)18)6-10(8)13)15(2)9-3-4-14-7-9/h5-6,9,14H,3-4,7H2,1-2H3. The van der Waals surface area contributed by atoms with Crippen LogP contribution in [0.3, 0.4) is 0 Å². The fourth-order valence-electron chi connectivity index (χ4n) is 2.25. The number of anilines is 1. The van der Waals surface area contributed by atoms with Gasteiger partial charge in [-0.3, -0.25) is 10.1 Å². The van der Waals surface area contributed by atoms with E-state index in [1.165, 1.54) is 0 Å². The fraction of sp³-hybridized carbons (Fsp3) is 0.500. The predicted molar refractivity (Wildman–Crippen MR) is 67.5 cm³/mol. The number of nitro benzene ring substituents is 1. The summed E-state index contributed by atoms with van der Waals surface area (Å²) in [6, 6.07) is 2.77. The molecule has 0 saturated carbocycles. The van der Waals surface area contributed by atoms with Gasteiger partial charge in [-0.1, -0.05) is 0 Å². The Morgan fingerprint density at radius 1 is 1.56 bits per heavy atom. The molecule has 0 amide bonds. The Kier molecular flexibility index (Phi) is 3.47. The second-order valence-corrected chi connectivity index (χ2v) is 4.60. The van der Waals surface area contributed by atoms with Crippen LogP contribution in [-0.2, 0) is 0 Å². The zero-order valence-corrected chi connectivity index (χ0v) is 10.4. The smallest absolute Gasteiger partial charge is 0.295 e. The summed E-state index contributed by atoms with van der Waals surface area (Å²) in [6.07, 6.45) is 0.935. The van der Waals surface area contributed by atoms with Gasteiger partial charge in [0.05, 0.1) is 11.0 Å². The molecule has 1 N–H and O–H groups in total. The molecule has 1 aromatic carbocycles. The quantitative estimate of drug-likeness (QED) is 0.659. The molecule has 1 aromatic rings. The lowest BCUT2D eigenvalue weighted by molar-refractivity contribution is -0.384. The van der Waals surface area contributed by atoms with Crippen molar-refractivity contribution in [3.8, 4) is 0 Å². The van der Waals surface area contributed by atoms with Crippen LogP contribution < -0.4 is 10.2 Å². The number of nitrogens with zero attached hydrogens (tertiary/aromatic N) is 2. The first-order chi connectivity index (χ1) is 8.50. The van der Waals surface area contributed by atoms with E-state index in [0.717, 1.165) is 25.6 Å². The Bertz CT molecular complexity index is 473. The Hall–Kier alpha value is -1.69. The first kappa shape index (κ1) is 12.8. The Morgan fingerprint density at radius 2 is 2.28 bits per heavy atom. The SMILES string of the molecule is Cc1cc(N(C)C2CCNC2)c([N+](=O)[O-])cc1F. The summed E-state index contributed by atoms with van der Waals surface area (Å²) in [5, 5.41) is 14.2. The van der Waals surface area contributed by atoms with E-state index < -0.39 is 10.7 Å².